The van der Waals surface area contributed by atoms with Crippen LogP contribution in [-0.2, 0) is 0 Å². The molecule has 0 unspecified atom stereocenters. The quantitative estimate of drug-likeness (QED) is 0.646. The van der Waals surface area contributed by atoms with E-state index < -0.39 is 5.91 Å². The van der Waals surface area contributed by atoms with Crippen molar-refractivity contribution in [3.63, 3.8) is 0 Å². The van der Waals surface area contributed by atoms with Gasteiger partial charge in [-0.15, -0.1) is 0 Å². The molecule has 0 bridgehead atoms. The third-order valence-electron chi connectivity index (χ3n) is 3.29. The van der Waals surface area contributed by atoms with Crippen LogP contribution in [0.5, 0.6) is 0 Å². The molecule has 0 atom stereocenters. The number of benzene rings is 1. The maximum absolute atomic E-state index is 11.8. The number of halogens is 2. The summed E-state index contributed by atoms with van der Waals surface area (Å²) in [6.07, 6.45) is 1.58. The van der Waals surface area contributed by atoms with Crippen molar-refractivity contribution in [2.45, 2.75) is 6.92 Å². The maximum atomic E-state index is 11.8. The number of nitrogens with zero attached hydrogens (tertiary/aromatic N) is 2. The van der Waals surface area contributed by atoms with Gasteiger partial charge in [0, 0.05) is 5.56 Å². The molecule has 0 aliphatic heterocycles. The molecule has 122 valence electrons. The standard InChI is InChI=1S/C16H12Cl2N4OS/c1-8-3-2-4-10(17)12(8)13-14(15(19)23)24-16(22-13)21-9-5-6-11(18)20-7-9/h2-7H,1H3,(H2,19,23)(H,21,22). The average molecular weight is 379 g/mol. The fraction of sp³-hybridized carbons (Fsp3) is 0.0625. The zero-order valence-corrected chi connectivity index (χ0v) is 14.8. The van der Waals surface area contributed by atoms with E-state index in [9.17, 15) is 4.79 Å². The summed E-state index contributed by atoms with van der Waals surface area (Å²) in [7, 11) is 0. The zero-order chi connectivity index (χ0) is 17.3. The molecule has 8 heteroatoms. The van der Waals surface area contributed by atoms with E-state index in [1.165, 1.54) is 0 Å². The van der Waals surface area contributed by atoms with Gasteiger partial charge >= 0.3 is 0 Å². The van der Waals surface area contributed by atoms with Gasteiger partial charge in [-0.1, -0.05) is 46.7 Å². The van der Waals surface area contributed by atoms with Crippen molar-refractivity contribution in [2.24, 2.45) is 5.73 Å². The summed E-state index contributed by atoms with van der Waals surface area (Å²) in [6.45, 7) is 1.90. The number of anilines is 2. The van der Waals surface area contributed by atoms with Crippen LogP contribution in [0, 0.1) is 6.92 Å². The summed E-state index contributed by atoms with van der Waals surface area (Å²) in [4.78, 5) is 20.7. The summed E-state index contributed by atoms with van der Waals surface area (Å²) in [5.74, 6) is -0.552. The molecule has 0 aliphatic carbocycles. The van der Waals surface area contributed by atoms with Gasteiger partial charge in [-0.2, -0.15) is 0 Å². The van der Waals surface area contributed by atoms with Crippen molar-refractivity contribution >= 4 is 51.3 Å². The average Bonchev–Trinajstić information content (AvgIpc) is 2.93. The number of amides is 1. The van der Waals surface area contributed by atoms with Gasteiger partial charge in [0.2, 0.25) is 0 Å². The molecule has 0 aliphatic rings. The lowest BCUT2D eigenvalue weighted by Crippen LogP contribution is -2.10. The summed E-state index contributed by atoms with van der Waals surface area (Å²) in [6, 6.07) is 8.93. The lowest BCUT2D eigenvalue weighted by molar-refractivity contribution is 0.100. The fourth-order valence-corrected chi connectivity index (χ4v) is 3.48. The number of hydrogen-bond acceptors (Lipinski definition) is 5. The van der Waals surface area contributed by atoms with Crippen LogP contribution in [0.25, 0.3) is 11.3 Å². The van der Waals surface area contributed by atoms with Crippen molar-refractivity contribution in [3.8, 4) is 11.3 Å². The van der Waals surface area contributed by atoms with Crippen LogP contribution in [-0.4, -0.2) is 15.9 Å². The Morgan fingerprint density at radius 2 is 2.04 bits per heavy atom. The molecule has 0 radical (unpaired) electrons. The minimum Gasteiger partial charge on any atom is -0.365 e. The molecular weight excluding hydrogens is 367 g/mol. The van der Waals surface area contributed by atoms with E-state index in [2.05, 4.69) is 15.3 Å². The third-order valence-corrected chi connectivity index (χ3v) is 4.81. The second-order valence-electron chi connectivity index (χ2n) is 4.99. The Morgan fingerprint density at radius 1 is 1.25 bits per heavy atom. The highest BCUT2D eigenvalue weighted by atomic mass is 35.5. The first-order valence-electron chi connectivity index (χ1n) is 6.90. The van der Waals surface area contributed by atoms with Gasteiger partial charge in [0.05, 0.1) is 22.6 Å². The number of primary amides is 1. The van der Waals surface area contributed by atoms with Crippen LogP contribution in [0.1, 0.15) is 15.2 Å². The molecule has 2 heterocycles. The van der Waals surface area contributed by atoms with Gasteiger partial charge in [-0.25, -0.2) is 9.97 Å². The highest BCUT2D eigenvalue weighted by molar-refractivity contribution is 7.18. The first kappa shape index (κ1) is 16.7. The van der Waals surface area contributed by atoms with Gasteiger partial charge < -0.3 is 11.1 Å². The molecule has 1 amide bonds. The Kier molecular flexibility index (Phi) is 4.71. The molecule has 0 saturated heterocycles. The topological polar surface area (TPSA) is 80.9 Å². The van der Waals surface area contributed by atoms with Crippen LogP contribution in [0.15, 0.2) is 36.5 Å². The number of pyridine rings is 1. The fourth-order valence-electron chi connectivity index (χ4n) is 2.22. The summed E-state index contributed by atoms with van der Waals surface area (Å²) in [5.41, 5.74) is 8.29. The number of carbonyl (C=O) groups excluding carboxylic acids is 1. The van der Waals surface area contributed by atoms with Crippen molar-refractivity contribution in [1.29, 1.82) is 0 Å². The van der Waals surface area contributed by atoms with Crippen molar-refractivity contribution in [3.05, 3.63) is 57.1 Å². The van der Waals surface area contributed by atoms with E-state index in [0.29, 0.717) is 37.1 Å². The minimum atomic E-state index is -0.552. The van der Waals surface area contributed by atoms with Crippen LogP contribution in [0.4, 0.5) is 10.8 Å². The number of nitrogens with one attached hydrogen (secondary N) is 1. The molecule has 24 heavy (non-hydrogen) atoms. The minimum absolute atomic E-state index is 0.343. The number of thiazole rings is 1. The lowest BCUT2D eigenvalue weighted by atomic mass is 10.0. The SMILES string of the molecule is Cc1cccc(Cl)c1-c1nc(Nc2ccc(Cl)nc2)sc1C(N)=O. The number of hydrogen-bond donors (Lipinski definition) is 2. The molecule has 2 aromatic heterocycles. The summed E-state index contributed by atoms with van der Waals surface area (Å²) >= 11 is 13.2. The lowest BCUT2D eigenvalue weighted by Gasteiger charge is -2.06. The monoisotopic (exact) mass is 378 g/mol. The number of nitrogens with two attached hydrogens (primary N) is 1. The molecule has 0 fully saturated rings. The zero-order valence-electron chi connectivity index (χ0n) is 12.5. The largest absolute Gasteiger partial charge is 0.365 e. The second-order valence-corrected chi connectivity index (χ2v) is 6.78. The maximum Gasteiger partial charge on any atom is 0.261 e. The van der Waals surface area contributed by atoms with Gasteiger partial charge in [0.15, 0.2) is 5.13 Å². The third kappa shape index (κ3) is 3.36. The van der Waals surface area contributed by atoms with Gasteiger partial charge in [-0.05, 0) is 30.7 Å². The normalized spacial score (nSPS) is 10.6. The highest BCUT2D eigenvalue weighted by Crippen LogP contribution is 2.37. The van der Waals surface area contributed by atoms with Crippen molar-refractivity contribution < 1.29 is 4.79 Å². The van der Waals surface area contributed by atoms with Gasteiger partial charge in [-0.3, -0.25) is 4.79 Å². The smallest absolute Gasteiger partial charge is 0.261 e. The Hall–Kier alpha value is -2.15. The van der Waals surface area contributed by atoms with Crippen LogP contribution in [0.3, 0.4) is 0 Å². The first-order valence-corrected chi connectivity index (χ1v) is 8.47. The Bertz CT molecular complexity index is 889. The van der Waals surface area contributed by atoms with Crippen LogP contribution < -0.4 is 11.1 Å². The Labute approximate surface area is 152 Å². The molecule has 3 N–H and O–H groups in total. The van der Waals surface area contributed by atoms with E-state index in [1.54, 1.807) is 24.4 Å². The molecule has 0 saturated carbocycles. The van der Waals surface area contributed by atoms with E-state index in [1.807, 2.05) is 19.1 Å². The molecule has 3 aromatic rings. The van der Waals surface area contributed by atoms with Crippen molar-refractivity contribution in [2.75, 3.05) is 5.32 Å². The Balaban J connectivity index is 2.05. The molecule has 0 spiro atoms. The first-order chi connectivity index (χ1) is 11.5. The molecule has 1 aromatic carbocycles. The second kappa shape index (κ2) is 6.76. The van der Waals surface area contributed by atoms with Gasteiger partial charge in [0.25, 0.3) is 5.91 Å². The molecular formula is C16H12Cl2N4OS. The number of rotatable bonds is 4. The summed E-state index contributed by atoms with van der Waals surface area (Å²) < 4.78 is 0. The predicted molar refractivity (Wildman–Crippen MR) is 98.3 cm³/mol. The number of aromatic nitrogens is 2. The number of carbonyl (C=O) groups is 1. The van der Waals surface area contributed by atoms with Crippen molar-refractivity contribution in [1.82, 2.24) is 9.97 Å². The van der Waals surface area contributed by atoms with E-state index in [-0.39, 0.29) is 0 Å². The molecule has 3 rings (SSSR count). The van der Waals surface area contributed by atoms with E-state index >= 15 is 0 Å². The highest BCUT2D eigenvalue weighted by Gasteiger charge is 2.21. The molecule has 5 nitrogen and oxygen atoms in total. The van der Waals surface area contributed by atoms with E-state index in [0.717, 1.165) is 16.9 Å². The summed E-state index contributed by atoms with van der Waals surface area (Å²) in [5, 5.41) is 4.52. The van der Waals surface area contributed by atoms with Crippen LogP contribution >= 0.6 is 34.5 Å². The van der Waals surface area contributed by atoms with Crippen LogP contribution in [0.2, 0.25) is 10.2 Å². The predicted octanol–water partition coefficient (Wildman–Crippen LogP) is 4.66. The van der Waals surface area contributed by atoms with E-state index in [4.69, 9.17) is 28.9 Å². The Morgan fingerprint density at radius 3 is 2.67 bits per heavy atom. The number of aryl methyl sites for hydroxylation is 1. The van der Waals surface area contributed by atoms with Gasteiger partial charge in [0.1, 0.15) is 10.0 Å².